The Kier molecular flexibility index (Phi) is 5.53. The minimum atomic E-state index is -0.587. The van der Waals surface area contributed by atoms with E-state index >= 15 is 0 Å². The first-order valence-electron chi connectivity index (χ1n) is 7.18. The summed E-state index contributed by atoms with van der Waals surface area (Å²) < 4.78 is 0. The van der Waals surface area contributed by atoms with Crippen molar-refractivity contribution in [2.24, 2.45) is 0 Å². The van der Waals surface area contributed by atoms with Crippen molar-refractivity contribution in [3.63, 3.8) is 0 Å². The molecule has 0 aliphatic rings. The molecule has 0 saturated heterocycles. The normalized spacial score (nSPS) is 12.1. The van der Waals surface area contributed by atoms with Gasteiger partial charge in [0.05, 0.1) is 6.10 Å². The van der Waals surface area contributed by atoms with Gasteiger partial charge in [0, 0.05) is 27.4 Å². The summed E-state index contributed by atoms with van der Waals surface area (Å²) >= 11 is 1.78. The van der Waals surface area contributed by atoms with E-state index in [2.05, 4.69) is 24.4 Å². The van der Waals surface area contributed by atoms with Gasteiger partial charge in [-0.3, -0.25) is 4.79 Å². The third kappa shape index (κ3) is 4.69. The number of hydrogen-bond acceptors (Lipinski definition) is 3. The quantitative estimate of drug-likeness (QED) is 0.845. The van der Waals surface area contributed by atoms with Gasteiger partial charge < -0.3 is 10.4 Å². The zero-order valence-corrected chi connectivity index (χ0v) is 13.2. The average molecular weight is 303 g/mol. The minimum absolute atomic E-state index is 0.00335. The molecule has 0 fully saturated rings. The number of aliphatic hydroxyl groups is 1. The van der Waals surface area contributed by atoms with Gasteiger partial charge >= 0.3 is 0 Å². The highest BCUT2D eigenvalue weighted by Gasteiger charge is 2.10. The van der Waals surface area contributed by atoms with E-state index in [-0.39, 0.29) is 5.91 Å². The number of carbonyl (C=O) groups is 1. The molecule has 0 bridgehead atoms. The number of nitrogens with one attached hydrogen (secondary N) is 1. The van der Waals surface area contributed by atoms with Crippen LogP contribution in [0.25, 0.3) is 0 Å². The van der Waals surface area contributed by atoms with Gasteiger partial charge in [0.2, 0.25) is 5.91 Å². The van der Waals surface area contributed by atoms with Crippen molar-refractivity contribution < 1.29 is 9.90 Å². The largest absolute Gasteiger partial charge is 0.389 e. The Balaban J connectivity index is 1.84. The zero-order chi connectivity index (χ0) is 15.2. The van der Waals surface area contributed by atoms with Crippen molar-refractivity contribution in [1.82, 2.24) is 0 Å². The van der Waals surface area contributed by atoms with Gasteiger partial charge in [-0.15, -0.1) is 11.3 Å². The molecule has 2 aromatic rings. The SMILES string of the molecule is Cc1ccc(CCCC(=O)Nc2ccccc2C(C)O)s1. The lowest BCUT2D eigenvalue weighted by atomic mass is 10.1. The predicted octanol–water partition coefficient (Wildman–Crippen LogP) is 4.07. The van der Waals surface area contributed by atoms with Crippen LogP contribution in [0, 0.1) is 6.92 Å². The Bertz CT molecular complexity index is 604. The van der Waals surface area contributed by atoms with Crippen LogP contribution in [0.5, 0.6) is 0 Å². The molecule has 0 aliphatic carbocycles. The lowest BCUT2D eigenvalue weighted by Gasteiger charge is -2.12. The number of aliphatic hydroxyl groups excluding tert-OH is 1. The fourth-order valence-corrected chi connectivity index (χ4v) is 3.16. The van der Waals surface area contributed by atoms with E-state index in [1.807, 2.05) is 24.3 Å². The average Bonchev–Trinajstić information content (AvgIpc) is 2.85. The summed E-state index contributed by atoms with van der Waals surface area (Å²) in [5, 5.41) is 12.6. The van der Waals surface area contributed by atoms with E-state index in [1.165, 1.54) is 9.75 Å². The van der Waals surface area contributed by atoms with Crippen LogP contribution in [0.3, 0.4) is 0 Å². The monoisotopic (exact) mass is 303 g/mol. The number of rotatable bonds is 6. The zero-order valence-electron chi connectivity index (χ0n) is 12.4. The maximum absolute atomic E-state index is 12.0. The number of carbonyl (C=O) groups excluding carboxylic acids is 1. The molecular weight excluding hydrogens is 282 g/mol. The van der Waals surface area contributed by atoms with Gasteiger partial charge in [0.25, 0.3) is 0 Å². The van der Waals surface area contributed by atoms with Crippen LogP contribution in [0.2, 0.25) is 0 Å². The number of para-hydroxylation sites is 1. The second-order valence-corrected chi connectivity index (χ2v) is 6.55. The highest BCUT2D eigenvalue weighted by molar-refractivity contribution is 7.11. The van der Waals surface area contributed by atoms with E-state index in [0.717, 1.165) is 18.4 Å². The molecule has 2 N–H and O–H groups in total. The van der Waals surface area contributed by atoms with Crippen LogP contribution in [0.4, 0.5) is 5.69 Å². The molecule has 3 nitrogen and oxygen atoms in total. The van der Waals surface area contributed by atoms with Gasteiger partial charge in [0.1, 0.15) is 0 Å². The highest BCUT2D eigenvalue weighted by atomic mass is 32.1. The molecule has 112 valence electrons. The molecule has 1 aromatic heterocycles. The lowest BCUT2D eigenvalue weighted by Crippen LogP contribution is -2.13. The van der Waals surface area contributed by atoms with Crippen molar-refractivity contribution in [3.05, 3.63) is 51.7 Å². The summed E-state index contributed by atoms with van der Waals surface area (Å²) in [6.45, 7) is 3.79. The summed E-state index contributed by atoms with van der Waals surface area (Å²) in [5.74, 6) is -0.00335. The fourth-order valence-electron chi connectivity index (χ4n) is 2.23. The highest BCUT2D eigenvalue weighted by Crippen LogP contribution is 2.22. The van der Waals surface area contributed by atoms with Gasteiger partial charge in [-0.1, -0.05) is 18.2 Å². The van der Waals surface area contributed by atoms with Crippen LogP contribution >= 0.6 is 11.3 Å². The Morgan fingerprint density at radius 2 is 2.05 bits per heavy atom. The van der Waals surface area contributed by atoms with Crippen molar-refractivity contribution in [1.29, 1.82) is 0 Å². The van der Waals surface area contributed by atoms with E-state index in [9.17, 15) is 9.90 Å². The first-order valence-corrected chi connectivity index (χ1v) is 8.00. The molecule has 1 heterocycles. The van der Waals surface area contributed by atoms with Gasteiger partial charge in [-0.2, -0.15) is 0 Å². The second kappa shape index (κ2) is 7.38. The molecular formula is C17H21NO2S. The standard InChI is InChI=1S/C17H21NO2S/c1-12-10-11-14(21-12)6-5-9-17(20)18-16-8-4-3-7-15(16)13(2)19/h3-4,7-8,10-11,13,19H,5-6,9H2,1-2H3,(H,18,20). The second-order valence-electron chi connectivity index (χ2n) is 5.18. The van der Waals surface area contributed by atoms with Crippen molar-refractivity contribution in [2.75, 3.05) is 5.32 Å². The molecule has 0 radical (unpaired) electrons. The topological polar surface area (TPSA) is 49.3 Å². The molecule has 21 heavy (non-hydrogen) atoms. The van der Waals surface area contributed by atoms with E-state index in [1.54, 1.807) is 18.3 Å². The summed E-state index contributed by atoms with van der Waals surface area (Å²) in [4.78, 5) is 14.6. The van der Waals surface area contributed by atoms with E-state index in [4.69, 9.17) is 0 Å². The van der Waals surface area contributed by atoms with Crippen LogP contribution in [0.1, 0.15) is 41.2 Å². The number of benzene rings is 1. The van der Waals surface area contributed by atoms with Gasteiger partial charge in [-0.25, -0.2) is 0 Å². The fraction of sp³-hybridized carbons (Fsp3) is 0.353. The molecule has 0 saturated carbocycles. The first-order chi connectivity index (χ1) is 10.1. The molecule has 1 atom stereocenters. The number of anilines is 1. The molecule has 0 spiro atoms. The molecule has 1 amide bonds. The maximum Gasteiger partial charge on any atom is 0.224 e. The summed E-state index contributed by atoms with van der Waals surface area (Å²) in [6.07, 6.45) is 1.67. The summed E-state index contributed by atoms with van der Waals surface area (Å²) in [7, 11) is 0. The van der Waals surface area contributed by atoms with Gasteiger partial charge in [0.15, 0.2) is 0 Å². The first kappa shape index (κ1) is 15.7. The summed E-state index contributed by atoms with van der Waals surface area (Å²) in [5.41, 5.74) is 1.45. The third-order valence-electron chi connectivity index (χ3n) is 3.31. The number of hydrogen-bond donors (Lipinski definition) is 2. The third-order valence-corrected chi connectivity index (χ3v) is 4.37. The maximum atomic E-state index is 12.0. The van der Waals surface area contributed by atoms with E-state index < -0.39 is 6.10 Å². The molecule has 0 aliphatic heterocycles. The minimum Gasteiger partial charge on any atom is -0.389 e. The Labute approximate surface area is 129 Å². The van der Waals surface area contributed by atoms with Crippen LogP contribution < -0.4 is 5.32 Å². The van der Waals surface area contributed by atoms with Crippen LogP contribution in [-0.4, -0.2) is 11.0 Å². The lowest BCUT2D eigenvalue weighted by molar-refractivity contribution is -0.116. The number of amides is 1. The molecule has 4 heteroatoms. The van der Waals surface area contributed by atoms with E-state index in [0.29, 0.717) is 12.1 Å². The van der Waals surface area contributed by atoms with Crippen LogP contribution in [-0.2, 0) is 11.2 Å². The Morgan fingerprint density at radius 3 is 2.71 bits per heavy atom. The smallest absolute Gasteiger partial charge is 0.224 e. The number of aryl methyl sites for hydroxylation is 2. The van der Waals surface area contributed by atoms with Crippen molar-refractivity contribution in [2.45, 2.75) is 39.2 Å². The molecule has 1 unspecified atom stereocenters. The summed E-state index contributed by atoms with van der Waals surface area (Å²) in [6, 6.07) is 11.6. The van der Waals surface area contributed by atoms with Crippen molar-refractivity contribution >= 4 is 22.9 Å². The molecule has 2 rings (SSSR count). The predicted molar refractivity (Wildman–Crippen MR) is 87.7 cm³/mol. The van der Waals surface area contributed by atoms with Crippen molar-refractivity contribution in [3.8, 4) is 0 Å². The number of thiophene rings is 1. The Hall–Kier alpha value is -1.65. The molecule has 1 aromatic carbocycles. The Morgan fingerprint density at radius 1 is 1.29 bits per heavy atom. The van der Waals surface area contributed by atoms with Crippen LogP contribution in [0.15, 0.2) is 36.4 Å². The van der Waals surface area contributed by atoms with Gasteiger partial charge in [-0.05, 0) is 44.9 Å².